The molecule has 0 aromatic carbocycles. The Balaban J connectivity index is 1.98. The van der Waals surface area contributed by atoms with Crippen LogP contribution in [-0.2, 0) is 6.18 Å². The number of rotatable bonds is 3. The van der Waals surface area contributed by atoms with Crippen LogP contribution in [0.2, 0.25) is 5.02 Å². The fourth-order valence-electron chi connectivity index (χ4n) is 2.16. The number of nitrogens with zero attached hydrogens (tertiary/aromatic N) is 1. The third-order valence-corrected chi connectivity index (χ3v) is 3.89. The third-order valence-electron chi connectivity index (χ3n) is 3.20. The number of halogens is 5. The first-order valence-corrected chi connectivity index (χ1v) is 6.78. The molecule has 2 nitrogen and oxygen atoms in total. The lowest BCUT2D eigenvalue weighted by Gasteiger charge is -2.13. The monoisotopic (exact) mass is 312 g/mol. The van der Waals surface area contributed by atoms with Crippen LogP contribution >= 0.6 is 23.2 Å². The van der Waals surface area contributed by atoms with Crippen LogP contribution in [0.1, 0.15) is 24.8 Å². The molecule has 0 radical (unpaired) electrons. The van der Waals surface area contributed by atoms with Crippen molar-refractivity contribution in [3.63, 3.8) is 0 Å². The number of anilines is 1. The molecule has 7 heteroatoms. The van der Waals surface area contributed by atoms with Crippen molar-refractivity contribution in [1.82, 2.24) is 4.98 Å². The molecular weight excluding hydrogens is 300 g/mol. The number of nitrogens with one attached hydrogen (secondary N) is 1. The molecule has 1 aliphatic carbocycles. The summed E-state index contributed by atoms with van der Waals surface area (Å²) in [5.74, 6) is 0.704. The van der Waals surface area contributed by atoms with Crippen molar-refractivity contribution in [2.75, 3.05) is 11.9 Å². The van der Waals surface area contributed by atoms with E-state index in [2.05, 4.69) is 10.3 Å². The second kappa shape index (κ2) is 5.75. The highest BCUT2D eigenvalue weighted by atomic mass is 35.5. The summed E-state index contributed by atoms with van der Waals surface area (Å²) in [6, 6.07) is 0.885. The van der Waals surface area contributed by atoms with Crippen molar-refractivity contribution in [3.05, 3.63) is 22.8 Å². The van der Waals surface area contributed by atoms with Gasteiger partial charge in [0.2, 0.25) is 0 Å². The van der Waals surface area contributed by atoms with Crippen molar-refractivity contribution < 1.29 is 13.2 Å². The minimum atomic E-state index is -4.42. The first-order chi connectivity index (χ1) is 8.86. The van der Waals surface area contributed by atoms with E-state index in [1.165, 1.54) is 0 Å². The van der Waals surface area contributed by atoms with Gasteiger partial charge in [0, 0.05) is 18.1 Å². The van der Waals surface area contributed by atoms with Gasteiger partial charge in [-0.2, -0.15) is 13.2 Å². The zero-order valence-electron chi connectivity index (χ0n) is 9.97. The van der Waals surface area contributed by atoms with Gasteiger partial charge < -0.3 is 5.32 Å². The van der Waals surface area contributed by atoms with E-state index in [-0.39, 0.29) is 16.2 Å². The molecule has 1 heterocycles. The van der Waals surface area contributed by atoms with Gasteiger partial charge in [-0.1, -0.05) is 11.6 Å². The van der Waals surface area contributed by atoms with E-state index in [9.17, 15) is 13.2 Å². The number of hydrogen-bond acceptors (Lipinski definition) is 2. The molecule has 0 bridgehead atoms. The Labute approximate surface area is 119 Å². The van der Waals surface area contributed by atoms with E-state index < -0.39 is 11.7 Å². The molecule has 19 heavy (non-hydrogen) atoms. The second-order valence-corrected chi connectivity index (χ2v) is 5.73. The smallest absolute Gasteiger partial charge is 0.369 e. The summed E-state index contributed by atoms with van der Waals surface area (Å²) in [6.45, 7) is 0.626. The Morgan fingerprint density at radius 3 is 2.63 bits per heavy atom. The summed E-state index contributed by atoms with van der Waals surface area (Å²) in [4.78, 5) is 3.73. The minimum absolute atomic E-state index is 0.0183. The lowest BCUT2D eigenvalue weighted by molar-refractivity contribution is -0.137. The van der Waals surface area contributed by atoms with Crippen molar-refractivity contribution in [3.8, 4) is 0 Å². The molecule has 2 rings (SSSR count). The van der Waals surface area contributed by atoms with Crippen molar-refractivity contribution >= 4 is 29.0 Å². The molecule has 1 aromatic rings. The number of pyridine rings is 1. The maximum Gasteiger partial charge on any atom is 0.417 e. The first kappa shape index (κ1) is 14.7. The molecule has 1 aromatic heterocycles. The number of aromatic nitrogens is 1. The van der Waals surface area contributed by atoms with Crippen LogP contribution < -0.4 is 5.32 Å². The third kappa shape index (κ3) is 3.89. The van der Waals surface area contributed by atoms with E-state index in [1.54, 1.807) is 0 Å². The second-order valence-electron chi connectivity index (χ2n) is 4.71. The highest BCUT2D eigenvalue weighted by molar-refractivity contribution is 6.32. The van der Waals surface area contributed by atoms with E-state index in [1.807, 2.05) is 0 Å². The van der Waals surface area contributed by atoms with Gasteiger partial charge in [-0.3, -0.25) is 0 Å². The number of alkyl halides is 4. The lowest BCUT2D eigenvalue weighted by Crippen LogP contribution is -2.14. The molecule has 0 amide bonds. The van der Waals surface area contributed by atoms with Crippen LogP contribution in [0, 0.1) is 5.92 Å². The van der Waals surface area contributed by atoms with Gasteiger partial charge in [-0.25, -0.2) is 4.98 Å². The minimum Gasteiger partial charge on any atom is -0.369 e. The fourth-order valence-corrected chi connectivity index (χ4v) is 2.77. The van der Waals surface area contributed by atoms with Crippen LogP contribution in [-0.4, -0.2) is 16.9 Å². The van der Waals surface area contributed by atoms with Gasteiger partial charge in [-0.15, -0.1) is 11.6 Å². The molecule has 0 aliphatic heterocycles. The quantitative estimate of drug-likeness (QED) is 0.827. The largest absolute Gasteiger partial charge is 0.417 e. The summed E-state index contributed by atoms with van der Waals surface area (Å²) in [5.41, 5.74) is -0.843. The average Bonchev–Trinajstić information content (AvgIpc) is 2.72. The van der Waals surface area contributed by atoms with Crippen LogP contribution in [0.3, 0.4) is 0 Å². The first-order valence-electron chi connectivity index (χ1n) is 5.97. The van der Waals surface area contributed by atoms with Crippen LogP contribution in [0.15, 0.2) is 12.3 Å². The lowest BCUT2D eigenvalue weighted by atomic mass is 10.1. The van der Waals surface area contributed by atoms with Crippen molar-refractivity contribution in [1.29, 1.82) is 0 Å². The molecule has 0 saturated heterocycles. The summed E-state index contributed by atoms with van der Waals surface area (Å²) in [6.07, 6.45) is -0.742. The topological polar surface area (TPSA) is 24.9 Å². The highest BCUT2D eigenvalue weighted by Crippen LogP contribution is 2.33. The van der Waals surface area contributed by atoms with Gasteiger partial charge >= 0.3 is 6.18 Å². The molecule has 106 valence electrons. The molecule has 2 unspecified atom stereocenters. The van der Waals surface area contributed by atoms with E-state index >= 15 is 0 Å². The molecule has 1 saturated carbocycles. The SMILES string of the molecule is FC(F)(F)c1cnc(NCC2CCC(Cl)C2)c(Cl)c1. The van der Waals surface area contributed by atoms with E-state index in [0.29, 0.717) is 12.5 Å². The Morgan fingerprint density at radius 1 is 1.37 bits per heavy atom. The molecule has 2 atom stereocenters. The zero-order chi connectivity index (χ0) is 14.0. The maximum atomic E-state index is 12.4. The van der Waals surface area contributed by atoms with Crippen LogP contribution in [0.4, 0.5) is 19.0 Å². The molecule has 1 aliphatic rings. The molecular formula is C12H13Cl2F3N2. The van der Waals surface area contributed by atoms with E-state index in [0.717, 1.165) is 31.5 Å². The summed E-state index contributed by atoms with van der Waals surface area (Å²) < 4.78 is 37.3. The predicted octanol–water partition coefficient (Wildman–Crippen LogP) is 4.57. The average molecular weight is 313 g/mol. The van der Waals surface area contributed by atoms with Gasteiger partial charge in [-0.05, 0) is 31.2 Å². The highest BCUT2D eigenvalue weighted by Gasteiger charge is 2.31. The van der Waals surface area contributed by atoms with Crippen molar-refractivity contribution in [2.24, 2.45) is 5.92 Å². The molecule has 0 spiro atoms. The Kier molecular flexibility index (Phi) is 4.46. The Morgan fingerprint density at radius 2 is 2.11 bits per heavy atom. The molecule has 1 fully saturated rings. The molecule has 1 N–H and O–H groups in total. The number of hydrogen-bond donors (Lipinski definition) is 1. The van der Waals surface area contributed by atoms with Gasteiger partial charge in [0.15, 0.2) is 0 Å². The summed E-state index contributed by atoms with van der Waals surface area (Å²) >= 11 is 11.8. The van der Waals surface area contributed by atoms with Crippen molar-refractivity contribution in [2.45, 2.75) is 30.8 Å². The predicted molar refractivity (Wildman–Crippen MR) is 69.7 cm³/mol. The Hall–Kier alpha value is -0.680. The van der Waals surface area contributed by atoms with Gasteiger partial charge in [0.25, 0.3) is 0 Å². The van der Waals surface area contributed by atoms with Crippen LogP contribution in [0.5, 0.6) is 0 Å². The van der Waals surface area contributed by atoms with Gasteiger partial charge in [0.05, 0.1) is 10.6 Å². The zero-order valence-corrected chi connectivity index (χ0v) is 11.5. The standard InChI is InChI=1S/C12H13Cl2F3N2/c13-9-2-1-7(3-9)5-18-11-10(14)4-8(6-19-11)12(15,16)17/h4,6-7,9H,1-3,5H2,(H,18,19). The van der Waals surface area contributed by atoms with E-state index in [4.69, 9.17) is 23.2 Å². The summed E-state index contributed by atoms with van der Waals surface area (Å²) in [7, 11) is 0. The Bertz CT molecular complexity index is 451. The van der Waals surface area contributed by atoms with Gasteiger partial charge in [0.1, 0.15) is 5.82 Å². The summed E-state index contributed by atoms with van der Waals surface area (Å²) in [5, 5.41) is 3.16. The van der Waals surface area contributed by atoms with Crippen LogP contribution in [0.25, 0.3) is 0 Å². The fraction of sp³-hybridized carbons (Fsp3) is 0.583. The normalized spacial score (nSPS) is 23.6. The maximum absolute atomic E-state index is 12.4.